The molecule has 3 aromatic rings. The lowest BCUT2D eigenvalue weighted by Gasteiger charge is -2.48. The number of thiazole rings is 1. The lowest BCUT2D eigenvalue weighted by molar-refractivity contribution is -0.144. The Labute approximate surface area is 244 Å². The van der Waals surface area contributed by atoms with Gasteiger partial charge in [-0.1, -0.05) is 12.1 Å². The minimum Gasteiger partial charge on any atom is -0.481 e. The van der Waals surface area contributed by atoms with E-state index < -0.39 is 5.97 Å². The van der Waals surface area contributed by atoms with Crippen LogP contribution in [-0.4, -0.2) is 76.1 Å². The molecule has 2 aromatic heterocycles. The third kappa shape index (κ3) is 6.05. The van der Waals surface area contributed by atoms with E-state index >= 15 is 0 Å². The molecule has 3 aliphatic heterocycles. The third-order valence-electron chi connectivity index (χ3n) is 8.85. The van der Waals surface area contributed by atoms with Crippen LogP contribution in [0.1, 0.15) is 57.2 Å². The smallest absolute Gasteiger partial charge is 0.306 e. The maximum Gasteiger partial charge on any atom is 0.306 e. The molecule has 10 heteroatoms. The van der Waals surface area contributed by atoms with Crippen LogP contribution in [0.2, 0.25) is 0 Å². The monoisotopic (exact) mass is 575 g/mol. The normalized spacial score (nSPS) is 19.3. The lowest BCUT2D eigenvalue weighted by atomic mass is 9.78. The second kappa shape index (κ2) is 11.6. The number of benzene rings is 1. The summed E-state index contributed by atoms with van der Waals surface area (Å²) in [5.41, 5.74) is 5.16. The number of carboxylic acid groups (broad SMARTS) is 1. The first-order valence-corrected chi connectivity index (χ1v) is 15.3. The summed E-state index contributed by atoms with van der Waals surface area (Å²) in [5.74, 6) is -0.477. The van der Waals surface area contributed by atoms with Gasteiger partial charge in [-0.2, -0.15) is 0 Å². The van der Waals surface area contributed by atoms with Gasteiger partial charge in [-0.3, -0.25) is 14.5 Å². The summed E-state index contributed by atoms with van der Waals surface area (Å²) in [4.78, 5) is 44.2. The Morgan fingerprint density at radius 2 is 1.90 bits per heavy atom. The first-order valence-electron chi connectivity index (χ1n) is 14.5. The van der Waals surface area contributed by atoms with Crippen molar-refractivity contribution in [2.24, 2.45) is 11.3 Å². The predicted molar refractivity (Wildman–Crippen MR) is 157 cm³/mol. The molecule has 1 spiro atoms. The van der Waals surface area contributed by atoms with E-state index in [0.29, 0.717) is 42.9 Å². The number of likely N-dealkylation sites (tertiary alicyclic amines) is 1. The van der Waals surface area contributed by atoms with E-state index in [4.69, 9.17) is 9.72 Å². The third-order valence-corrected chi connectivity index (χ3v) is 9.89. The van der Waals surface area contributed by atoms with Crippen molar-refractivity contribution in [3.05, 3.63) is 57.3 Å². The van der Waals surface area contributed by atoms with Gasteiger partial charge in [-0.05, 0) is 63.3 Å². The van der Waals surface area contributed by atoms with Gasteiger partial charge >= 0.3 is 5.97 Å². The SMILES string of the molecule is Cc1ccc(-c2nc(CC(=O)c3cnc(N4CCC(C(=O)O)CC4)cn3)sc2CN2CCCC3(COC3)C2)cc1C. The average molecular weight is 576 g/mol. The second-order valence-electron chi connectivity index (χ2n) is 11.9. The second-order valence-corrected chi connectivity index (χ2v) is 13.1. The number of hydrogen-bond donors (Lipinski definition) is 1. The molecule has 6 rings (SSSR count). The topological polar surface area (TPSA) is 109 Å². The number of hydrogen-bond acceptors (Lipinski definition) is 9. The number of rotatable bonds is 8. The Kier molecular flexibility index (Phi) is 7.89. The van der Waals surface area contributed by atoms with Crippen LogP contribution in [0, 0.1) is 25.2 Å². The molecule has 3 saturated heterocycles. The van der Waals surface area contributed by atoms with E-state index in [2.05, 4.69) is 46.9 Å². The number of anilines is 1. The van der Waals surface area contributed by atoms with Crippen molar-refractivity contribution < 1.29 is 19.4 Å². The largest absolute Gasteiger partial charge is 0.481 e. The van der Waals surface area contributed by atoms with Gasteiger partial charge in [-0.15, -0.1) is 11.3 Å². The molecular weight excluding hydrogens is 538 g/mol. The number of carbonyl (C=O) groups excluding carboxylic acids is 1. The van der Waals surface area contributed by atoms with Crippen molar-refractivity contribution in [2.75, 3.05) is 44.3 Å². The first kappa shape index (κ1) is 27.9. The fourth-order valence-corrected chi connectivity index (χ4v) is 7.32. The Bertz CT molecular complexity index is 1430. The Hall–Kier alpha value is -3.21. The highest BCUT2D eigenvalue weighted by Gasteiger charge is 2.42. The molecule has 0 unspecified atom stereocenters. The molecule has 3 fully saturated rings. The Balaban J connectivity index is 1.18. The lowest BCUT2D eigenvalue weighted by Crippen LogP contribution is -2.53. The molecule has 0 aliphatic carbocycles. The van der Waals surface area contributed by atoms with Gasteiger partial charge in [0, 0.05) is 42.0 Å². The molecule has 1 aromatic carbocycles. The fraction of sp³-hybridized carbons (Fsp3) is 0.516. The number of nitrogens with zero attached hydrogens (tertiary/aromatic N) is 5. The summed E-state index contributed by atoms with van der Waals surface area (Å²) in [7, 11) is 0. The number of aliphatic carboxylic acids is 1. The van der Waals surface area contributed by atoms with Crippen molar-refractivity contribution in [3.8, 4) is 11.3 Å². The molecular formula is C31H37N5O4S. The van der Waals surface area contributed by atoms with Crippen LogP contribution in [0.4, 0.5) is 5.82 Å². The summed E-state index contributed by atoms with van der Waals surface area (Å²) in [6.45, 7) is 10.1. The van der Waals surface area contributed by atoms with Gasteiger partial charge in [0.25, 0.3) is 0 Å². The molecule has 0 bridgehead atoms. The van der Waals surface area contributed by atoms with E-state index in [1.165, 1.54) is 35.0 Å². The van der Waals surface area contributed by atoms with Crippen LogP contribution in [0.25, 0.3) is 11.3 Å². The zero-order chi connectivity index (χ0) is 28.6. The van der Waals surface area contributed by atoms with Crippen molar-refractivity contribution in [1.82, 2.24) is 19.9 Å². The van der Waals surface area contributed by atoms with Crippen LogP contribution in [0.5, 0.6) is 0 Å². The van der Waals surface area contributed by atoms with Gasteiger partial charge in [-0.25, -0.2) is 15.0 Å². The molecule has 216 valence electrons. The van der Waals surface area contributed by atoms with Crippen molar-refractivity contribution in [2.45, 2.75) is 52.5 Å². The standard InChI is InChI=1S/C31H37N5O4S/c1-20-4-5-23(12-21(20)2)29-26(16-35-9-3-8-31(17-35)18-40-19-31)41-28(34-29)13-25(37)24-14-33-27(15-32-24)36-10-6-22(7-11-36)30(38)39/h4-5,12,14-15,22H,3,6-11,13,16-19H2,1-2H3,(H,38,39). The van der Waals surface area contributed by atoms with Gasteiger partial charge in [0.15, 0.2) is 5.78 Å². The molecule has 9 nitrogen and oxygen atoms in total. The number of Topliss-reactive ketones (excluding diaryl/α,β-unsaturated/α-hetero) is 1. The summed E-state index contributed by atoms with van der Waals surface area (Å²) < 4.78 is 5.57. The fourth-order valence-electron chi connectivity index (χ4n) is 6.18. The Morgan fingerprint density at radius 3 is 2.56 bits per heavy atom. The molecule has 5 heterocycles. The summed E-state index contributed by atoms with van der Waals surface area (Å²) in [6.07, 6.45) is 6.91. The highest BCUT2D eigenvalue weighted by Crippen LogP contribution is 2.39. The molecule has 0 atom stereocenters. The molecule has 0 amide bonds. The first-order chi connectivity index (χ1) is 19.8. The number of aromatic nitrogens is 3. The predicted octanol–water partition coefficient (Wildman–Crippen LogP) is 4.56. The average Bonchev–Trinajstić information content (AvgIpc) is 3.35. The van der Waals surface area contributed by atoms with Crippen molar-refractivity contribution >= 4 is 28.9 Å². The highest BCUT2D eigenvalue weighted by atomic mass is 32.1. The number of piperidine rings is 2. The minimum absolute atomic E-state index is 0.107. The summed E-state index contributed by atoms with van der Waals surface area (Å²) >= 11 is 1.63. The van der Waals surface area contributed by atoms with Crippen LogP contribution in [0.15, 0.2) is 30.6 Å². The van der Waals surface area contributed by atoms with Crippen LogP contribution < -0.4 is 4.90 Å². The highest BCUT2D eigenvalue weighted by molar-refractivity contribution is 7.12. The quantitative estimate of drug-likeness (QED) is 0.387. The molecule has 0 radical (unpaired) electrons. The summed E-state index contributed by atoms with van der Waals surface area (Å²) in [6, 6.07) is 6.47. The molecule has 41 heavy (non-hydrogen) atoms. The molecule has 0 saturated carbocycles. The zero-order valence-electron chi connectivity index (χ0n) is 23.8. The van der Waals surface area contributed by atoms with E-state index in [-0.39, 0.29) is 18.1 Å². The van der Waals surface area contributed by atoms with Gasteiger partial charge in [0.05, 0.1) is 43.6 Å². The van der Waals surface area contributed by atoms with E-state index in [1.54, 1.807) is 17.5 Å². The minimum atomic E-state index is -0.740. The van der Waals surface area contributed by atoms with Crippen LogP contribution >= 0.6 is 11.3 Å². The molecule has 3 aliphatic rings. The van der Waals surface area contributed by atoms with Gasteiger partial charge < -0.3 is 14.7 Å². The molecule has 1 N–H and O–H groups in total. The van der Waals surface area contributed by atoms with E-state index in [1.807, 2.05) is 4.90 Å². The van der Waals surface area contributed by atoms with Gasteiger partial charge in [0.1, 0.15) is 16.5 Å². The number of aryl methyl sites for hydroxylation is 2. The Morgan fingerprint density at radius 1 is 1.10 bits per heavy atom. The number of ketones is 1. The van der Waals surface area contributed by atoms with Gasteiger partial charge in [0.2, 0.25) is 0 Å². The number of carboxylic acids is 1. The number of ether oxygens (including phenoxy) is 1. The number of carbonyl (C=O) groups is 2. The van der Waals surface area contributed by atoms with E-state index in [9.17, 15) is 14.7 Å². The van der Waals surface area contributed by atoms with Crippen LogP contribution in [-0.2, 0) is 22.5 Å². The van der Waals surface area contributed by atoms with Crippen molar-refractivity contribution in [1.29, 1.82) is 0 Å². The van der Waals surface area contributed by atoms with E-state index in [0.717, 1.165) is 49.1 Å². The zero-order valence-corrected chi connectivity index (χ0v) is 24.6. The maximum atomic E-state index is 13.3. The van der Waals surface area contributed by atoms with Crippen molar-refractivity contribution in [3.63, 3.8) is 0 Å². The maximum absolute atomic E-state index is 13.3. The van der Waals surface area contributed by atoms with Crippen LogP contribution in [0.3, 0.4) is 0 Å². The summed E-state index contributed by atoms with van der Waals surface area (Å²) in [5, 5.41) is 10.0.